The first-order valence-corrected chi connectivity index (χ1v) is 7.98. The molecule has 0 spiro atoms. The van der Waals surface area contributed by atoms with Crippen LogP contribution in [0.3, 0.4) is 0 Å². The van der Waals surface area contributed by atoms with Crippen LogP contribution >= 0.6 is 0 Å². The highest BCUT2D eigenvalue weighted by atomic mass is 16.6. The van der Waals surface area contributed by atoms with E-state index in [1.807, 2.05) is 44.2 Å². The molecule has 1 aromatic carbocycles. The monoisotopic (exact) mass is 315 g/mol. The van der Waals surface area contributed by atoms with Gasteiger partial charge in [-0.05, 0) is 18.4 Å². The number of nitrogens with zero attached hydrogens (tertiary/aromatic N) is 1. The van der Waals surface area contributed by atoms with Crippen LogP contribution in [0, 0.1) is 17.8 Å². The Balaban J connectivity index is 1.86. The van der Waals surface area contributed by atoms with Crippen molar-refractivity contribution in [2.45, 2.75) is 32.7 Å². The van der Waals surface area contributed by atoms with E-state index in [1.165, 1.54) is 11.8 Å². The van der Waals surface area contributed by atoms with Crippen LogP contribution in [0.25, 0.3) is 0 Å². The Bertz CT molecular complexity index is 640. The Hall–Kier alpha value is -2.17. The maximum atomic E-state index is 12.9. The summed E-state index contributed by atoms with van der Waals surface area (Å²) in [7, 11) is 0. The van der Waals surface area contributed by atoms with E-state index < -0.39 is 12.0 Å². The third kappa shape index (κ3) is 2.64. The average Bonchev–Trinajstić information content (AvgIpc) is 3.16. The van der Waals surface area contributed by atoms with Crippen molar-refractivity contribution in [3.63, 3.8) is 0 Å². The van der Waals surface area contributed by atoms with Gasteiger partial charge in [0.2, 0.25) is 5.91 Å². The number of amides is 2. The zero-order valence-electron chi connectivity index (χ0n) is 13.6. The van der Waals surface area contributed by atoms with Gasteiger partial charge in [-0.2, -0.15) is 0 Å². The number of imide groups is 1. The highest BCUT2D eigenvalue weighted by Gasteiger charge is 2.61. The molecule has 1 aliphatic carbocycles. The van der Waals surface area contributed by atoms with E-state index in [0.717, 1.165) is 5.56 Å². The van der Waals surface area contributed by atoms with Gasteiger partial charge in [0.15, 0.2) is 0 Å². The molecule has 0 radical (unpaired) electrons. The number of Topliss-reactive ketones (excluding diaryl/α,β-unsaturated/α-hetero) is 1. The zero-order chi connectivity index (χ0) is 16.7. The molecule has 4 atom stereocenters. The van der Waals surface area contributed by atoms with Crippen LogP contribution in [0.2, 0.25) is 0 Å². The van der Waals surface area contributed by atoms with Crippen molar-refractivity contribution in [1.82, 2.24) is 4.90 Å². The van der Waals surface area contributed by atoms with Gasteiger partial charge in [-0.25, -0.2) is 9.69 Å². The van der Waals surface area contributed by atoms with Crippen LogP contribution in [-0.2, 0) is 14.3 Å². The maximum Gasteiger partial charge on any atom is 0.416 e. The molecule has 2 amide bonds. The molecule has 2 aliphatic rings. The van der Waals surface area contributed by atoms with Crippen LogP contribution < -0.4 is 0 Å². The Morgan fingerprint density at radius 3 is 2.39 bits per heavy atom. The third-order valence-electron chi connectivity index (χ3n) is 4.87. The lowest BCUT2D eigenvalue weighted by Crippen LogP contribution is -2.43. The quantitative estimate of drug-likeness (QED) is 0.857. The van der Waals surface area contributed by atoms with Crippen LogP contribution in [0.4, 0.5) is 4.79 Å². The molecular formula is C18H21NO4. The van der Waals surface area contributed by atoms with E-state index in [0.29, 0.717) is 0 Å². The number of rotatable bonds is 4. The fourth-order valence-electron chi connectivity index (χ4n) is 3.55. The number of carbonyl (C=O) groups excluding carboxylic acids is 3. The number of hydrogen-bond acceptors (Lipinski definition) is 4. The van der Waals surface area contributed by atoms with Gasteiger partial charge < -0.3 is 4.74 Å². The van der Waals surface area contributed by atoms with Crippen LogP contribution in [-0.4, -0.2) is 35.3 Å². The molecule has 1 saturated carbocycles. The summed E-state index contributed by atoms with van der Waals surface area (Å²) in [5, 5.41) is 0. The van der Waals surface area contributed by atoms with Gasteiger partial charge in [-0.15, -0.1) is 0 Å². The van der Waals surface area contributed by atoms with Gasteiger partial charge in [-0.1, -0.05) is 44.2 Å². The van der Waals surface area contributed by atoms with E-state index >= 15 is 0 Å². The van der Waals surface area contributed by atoms with Crippen molar-refractivity contribution in [2.24, 2.45) is 17.8 Å². The lowest BCUT2D eigenvalue weighted by Gasteiger charge is -2.22. The largest absolute Gasteiger partial charge is 0.447 e. The predicted octanol–water partition coefficient (Wildman–Crippen LogP) is 2.61. The van der Waals surface area contributed by atoms with Crippen LogP contribution in [0.15, 0.2) is 30.3 Å². The van der Waals surface area contributed by atoms with E-state index in [4.69, 9.17) is 4.74 Å². The molecule has 1 aliphatic heterocycles. The van der Waals surface area contributed by atoms with Crippen LogP contribution in [0.5, 0.6) is 0 Å². The van der Waals surface area contributed by atoms with Crippen molar-refractivity contribution in [3.8, 4) is 0 Å². The van der Waals surface area contributed by atoms with Crippen molar-refractivity contribution in [1.29, 1.82) is 0 Å². The summed E-state index contributed by atoms with van der Waals surface area (Å²) < 4.78 is 5.06. The van der Waals surface area contributed by atoms with Crippen molar-refractivity contribution < 1.29 is 19.1 Å². The molecule has 23 heavy (non-hydrogen) atoms. The summed E-state index contributed by atoms with van der Waals surface area (Å²) in [4.78, 5) is 38.0. The highest BCUT2D eigenvalue weighted by molar-refractivity contribution is 6.01. The fraction of sp³-hybridized carbons (Fsp3) is 0.500. The van der Waals surface area contributed by atoms with Gasteiger partial charge in [0.05, 0.1) is 12.0 Å². The van der Waals surface area contributed by atoms with Crippen molar-refractivity contribution >= 4 is 17.8 Å². The Morgan fingerprint density at radius 2 is 1.83 bits per heavy atom. The van der Waals surface area contributed by atoms with E-state index in [9.17, 15) is 14.4 Å². The van der Waals surface area contributed by atoms with Gasteiger partial charge in [0, 0.05) is 11.8 Å². The molecular weight excluding hydrogens is 294 g/mol. The van der Waals surface area contributed by atoms with Gasteiger partial charge >= 0.3 is 6.09 Å². The molecule has 3 rings (SSSR count). The normalized spacial score (nSPS) is 29.6. The molecule has 0 unspecified atom stereocenters. The summed E-state index contributed by atoms with van der Waals surface area (Å²) in [5.41, 5.74) is 0.972. The molecule has 0 aromatic heterocycles. The van der Waals surface area contributed by atoms with Crippen molar-refractivity contribution in [2.75, 3.05) is 6.61 Å². The first kappa shape index (κ1) is 15.7. The summed E-state index contributed by atoms with van der Waals surface area (Å²) >= 11 is 0. The smallest absolute Gasteiger partial charge is 0.416 e. The summed E-state index contributed by atoms with van der Waals surface area (Å²) in [5.74, 6) is -1.10. The standard InChI is InChI=1S/C18H21NO4/c1-10(2)13-9-23-18(22)19(13)17(21)16-14(11(3)20)15(16)12-7-5-4-6-8-12/h4-8,10,13-16H,9H2,1-3H3/t13-,14-,15-,16-/m1/s1. The fourth-order valence-corrected chi connectivity index (χ4v) is 3.55. The lowest BCUT2D eigenvalue weighted by molar-refractivity contribution is -0.133. The number of benzene rings is 1. The van der Waals surface area contributed by atoms with Gasteiger partial charge in [0.25, 0.3) is 0 Å². The summed E-state index contributed by atoms with van der Waals surface area (Å²) in [6.45, 7) is 5.65. The second-order valence-corrected chi connectivity index (χ2v) is 6.70. The molecule has 1 heterocycles. The first-order chi connectivity index (χ1) is 10.9. The second kappa shape index (κ2) is 5.80. The number of ether oxygens (including phenoxy) is 1. The zero-order valence-corrected chi connectivity index (χ0v) is 13.6. The minimum atomic E-state index is -0.588. The molecule has 0 bridgehead atoms. The maximum absolute atomic E-state index is 12.9. The van der Waals surface area contributed by atoms with Gasteiger partial charge in [-0.3, -0.25) is 9.59 Å². The SMILES string of the molecule is CC(=O)[C@H]1[C@@H](C(=O)N2C(=O)OC[C@@H]2C(C)C)[C@@H]1c1ccccc1. The minimum Gasteiger partial charge on any atom is -0.447 e. The molecule has 5 nitrogen and oxygen atoms in total. The van der Waals surface area contributed by atoms with Gasteiger partial charge in [0.1, 0.15) is 12.4 Å². The molecule has 5 heteroatoms. The number of hydrogen-bond donors (Lipinski definition) is 0. The Kier molecular flexibility index (Phi) is 3.96. The van der Waals surface area contributed by atoms with Crippen molar-refractivity contribution in [3.05, 3.63) is 35.9 Å². The molecule has 122 valence electrons. The van der Waals surface area contributed by atoms with E-state index in [1.54, 1.807) is 0 Å². The summed E-state index contributed by atoms with van der Waals surface area (Å²) in [6.07, 6.45) is -0.588. The average molecular weight is 315 g/mol. The molecule has 2 fully saturated rings. The van der Waals surface area contributed by atoms with E-state index in [2.05, 4.69) is 0 Å². The number of carbonyl (C=O) groups is 3. The number of ketones is 1. The summed E-state index contributed by atoms with van der Waals surface area (Å²) in [6, 6.07) is 9.30. The highest BCUT2D eigenvalue weighted by Crippen LogP contribution is 2.55. The second-order valence-electron chi connectivity index (χ2n) is 6.70. The Labute approximate surface area is 135 Å². The topological polar surface area (TPSA) is 63.7 Å². The molecule has 0 N–H and O–H groups in total. The van der Waals surface area contributed by atoms with Crippen LogP contribution in [0.1, 0.15) is 32.3 Å². The predicted molar refractivity (Wildman–Crippen MR) is 83.7 cm³/mol. The molecule has 1 aromatic rings. The molecule has 1 saturated heterocycles. The minimum absolute atomic E-state index is 0.00846. The Morgan fingerprint density at radius 1 is 1.17 bits per heavy atom. The lowest BCUT2D eigenvalue weighted by atomic mass is 10.0. The first-order valence-electron chi connectivity index (χ1n) is 7.98. The number of cyclic esters (lactones) is 1. The van der Waals surface area contributed by atoms with E-state index in [-0.39, 0.29) is 42.1 Å². The third-order valence-corrected chi connectivity index (χ3v) is 4.87.